The first-order valence-electron chi connectivity index (χ1n) is 9.50. The predicted molar refractivity (Wildman–Crippen MR) is 98.2 cm³/mol. The molecular formula is C21H26F2N2O. The first-order chi connectivity index (χ1) is 12.6. The predicted octanol–water partition coefficient (Wildman–Crippen LogP) is 5.89. The van der Waals surface area contributed by atoms with Crippen LogP contribution in [0.5, 0.6) is 5.75 Å². The maximum absolute atomic E-state index is 12.2. The van der Waals surface area contributed by atoms with E-state index in [2.05, 4.69) is 21.6 Å². The minimum atomic E-state index is -2.81. The molecule has 1 saturated carbocycles. The molecule has 0 atom stereocenters. The summed E-state index contributed by atoms with van der Waals surface area (Å²) in [5.74, 6) is 2.50. The number of rotatable bonds is 7. The van der Waals surface area contributed by atoms with Gasteiger partial charge in [-0.3, -0.25) is 0 Å². The van der Waals surface area contributed by atoms with Crippen molar-refractivity contribution in [2.45, 2.75) is 58.5 Å². The van der Waals surface area contributed by atoms with E-state index in [9.17, 15) is 8.78 Å². The average molecular weight is 360 g/mol. The minimum Gasteiger partial charge on any atom is -0.435 e. The van der Waals surface area contributed by atoms with Gasteiger partial charge in [-0.25, -0.2) is 9.97 Å². The SMILES string of the molecule is CCC1CCC(CCc2cnc(-c3ccc(OC(F)F)cc3)nc2)CC1. The van der Waals surface area contributed by atoms with Gasteiger partial charge in [0.05, 0.1) is 0 Å². The van der Waals surface area contributed by atoms with E-state index in [1.54, 1.807) is 12.1 Å². The lowest BCUT2D eigenvalue weighted by Gasteiger charge is -2.27. The third kappa shape index (κ3) is 5.23. The molecule has 1 heterocycles. The molecule has 1 aliphatic carbocycles. The average Bonchev–Trinajstić information content (AvgIpc) is 2.67. The van der Waals surface area contributed by atoms with Gasteiger partial charge in [0.1, 0.15) is 5.75 Å². The van der Waals surface area contributed by atoms with E-state index >= 15 is 0 Å². The number of benzene rings is 1. The zero-order valence-electron chi connectivity index (χ0n) is 15.2. The van der Waals surface area contributed by atoms with Crippen molar-refractivity contribution in [1.82, 2.24) is 9.97 Å². The highest BCUT2D eigenvalue weighted by Gasteiger charge is 2.19. The van der Waals surface area contributed by atoms with E-state index in [1.165, 1.54) is 50.7 Å². The summed E-state index contributed by atoms with van der Waals surface area (Å²) in [6.45, 7) is -0.517. The van der Waals surface area contributed by atoms with Crippen molar-refractivity contribution >= 4 is 0 Å². The fourth-order valence-electron chi connectivity index (χ4n) is 3.72. The Morgan fingerprint density at radius 2 is 1.62 bits per heavy atom. The Bertz CT molecular complexity index is 665. The van der Waals surface area contributed by atoms with Crippen molar-refractivity contribution < 1.29 is 13.5 Å². The highest BCUT2D eigenvalue weighted by atomic mass is 19.3. The topological polar surface area (TPSA) is 35.0 Å². The van der Waals surface area contributed by atoms with Gasteiger partial charge in [-0.15, -0.1) is 0 Å². The molecule has 1 aliphatic rings. The van der Waals surface area contributed by atoms with Gasteiger partial charge in [0.2, 0.25) is 0 Å². The smallest absolute Gasteiger partial charge is 0.387 e. The molecule has 0 saturated heterocycles. The van der Waals surface area contributed by atoms with Crippen molar-refractivity contribution in [3.05, 3.63) is 42.2 Å². The number of aryl methyl sites for hydroxylation is 1. The molecule has 3 nitrogen and oxygen atoms in total. The molecule has 1 fully saturated rings. The van der Waals surface area contributed by atoms with Crippen LogP contribution in [0, 0.1) is 11.8 Å². The van der Waals surface area contributed by atoms with Gasteiger partial charge in [-0.2, -0.15) is 8.78 Å². The van der Waals surface area contributed by atoms with Crippen LogP contribution in [0.25, 0.3) is 11.4 Å². The normalized spacial score (nSPS) is 20.3. The number of alkyl halides is 2. The van der Waals surface area contributed by atoms with Crippen LogP contribution in [0.4, 0.5) is 8.78 Å². The van der Waals surface area contributed by atoms with Gasteiger partial charge in [-0.1, -0.05) is 39.0 Å². The Balaban J connectivity index is 1.52. The fourth-order valence-corrected chi connectivity index (χ4v) is 3.72. The zero-order chi connectivity index (χ0) is 18.4. The number of aromatic nitrogens is 2. The Morgan fingerprint density at radius 1 is 1.00 bits per heavy atom. The number of nitrogens with zero attached hydrogens (tertiary/aromatic N) is 2. The lowest BCUT2D eigenvalue weighted by Crippen LogP contribution is -2.14. The molecule has 3 rings (SSSR count). The molecule has 140 valence electrons. The van der Waals surface area contributed by atoms with Crippen LogP contribution in [0.1, 0.15) is 51.0 Å². The van der Waals surface area contributed by atoms with Gasteiger partial charge >= 0.3 is 6.61 Å². The van der Waals surface area contributed by atoms with Crippen molar-refractivity contribution in [1.29, 1.82) is 0 Å². The lowest BCUT2D eigenvalue weighted by atomic mass is 9.79. The molecule has 1 aromatic heterocycles. The molecule has 0 unspecified atom stereocenters. The van der Waals surface area contributed by atoms with E-state index in [0.717, 1.165) is 29.4 Å². The van der Waals surface area contributed by atoms with E-state index in [4.69, 9.17) is 0 Å². The largest absolute Gasteiger partial charge is 0.435 e. The summed E-state index contributed by atoms with van der Waals surface area (Å²) in [5, 5.41) is 0. The summed E-state index contributed by atoms with van der Waals surface area (Å²) < 4.78 is 28.7. The van der Waals surface area contributed by atoms with Crippen LogP contribution in [-0.2, 0) is 6.42 Å². The fraction of sp³-hybridized carbons (Fsp3) is 0.524. The summed E-state index contributed by atoms with van der Waals surface area (Å²) in [6, 6.07) is 6.40. The van der Waals surface area contributed by atoms with Crippen molar-refractivity contribution in [2.75, 3.05) is 0 Å². The lowest BCUT2D eigenvalue weighted by molar-refractivity contribution is -0.0498. The van der Waals surface area contributed by atoms with Gasteiger partial charge < -0.3 is 4.74 Å². The van der Waals surface area contributed by atoms with Gasteiger partial charge in [0.15, 0.2) is 5.82 Å². The van der Waals surface area contributed by atoms with E-state index in [-0.39, 0.29) is 5.75 Å². The second kappa shape index (κ2) is 9.06. The van der Waals surface area contributed by atoms with Crippen LogP contribution in [-0.4, -0.2) is 16.6 Å². The quantitative estimate of drug-likeness (QED) is 0.617. The molecule has 2 aromatic rings. The number of hydrogen-bond acceptors (Lipinski definition) is 3. The highest BCUT2D eigenvalue weighted by molar-refractivity contribution is 5.55. The standard InChI is InChI=1S/C21H26F2N2O/c1-2-15-3-5-16(6-4-15)7-8-17-13-24-20(25-14-17)18-9-11-19(12-10-18)26-21(22)23/h9-16,21H,2-8H2,1H3. The van der Waals surface area contributed by atoms with Gasteiger partial charge in [0, 0.05) is 18.0 Å². The Labute approximate surface area is 153 Å². The van der Waals surface area contributed by atoms with Crippen molar-refractivity contribution in [3.63, 3.8) is 0 Å². The molecule has 0 spiro atoms. The van der Waals surface area contributed by atoms with Crippen LogP contribution in [0.15, 0.2) is 36.7 Å². The molecule has 0 aliphatic heterocycles. The monoisotopic (exact) mass is 360 g/mol. The first-order valence-corrected chi connectivity index (χ1v) is 9.50. The highest BCUT2D eigenvalue weighted by Crippen LogP contribution is 2.33. The van der Waals surface area contributed by atoms with Crippen molar-refractivity contribution in [3.8, 4) is 17.1 Å². The second-order valence-corrected chi connectivity index (χ2v) is 7.15. The molecular weight excluding hydrogens is 334 g/mol. The summed E-state index contributed by atoms with van der Waals surface area (Å²) in [7, 11) is 0. The Kier molecular flexibility index (Phi) is 6.53. The van der Waals surface area contributed by atoms with E-state index < -0.39 is 6.61 Å². The molecule has 0 N–H and O–H groups in total. The minimum absolute atomic E-state index is 0.137. The van der Waals surface area contributed by atoms with Crippen molar-refractivity contribution in [2.24, 2.45) is 11.8 Å². The molecule has 0 radical (unpaired) electrons. The number of ether oxygens (including phenoxy) is 1. The van der Waals surface area contributed by atoms with Crippen LogP contribution < -0.4 is 4.74 Å². The Hall–Kier alpha value is -2.04. The summed E-state index contributed by atoms with van der Waals surface area (Å²) in [4.78, 5) is 8.86. The third-order valence-electron chi connectivity index (χ3n) is 5.43. The molecule has 26 heavy (non-hydrogen) atoms. The first kappa shape index (κ1) is 18.7. The molecule has 5 heteroatoms. The summed E-state index contributed by atoms with van der Waals surface area (Å²) >= 11 is 0. The van der Waals surface area contributed by atoms with Crippen LogP contribution in [0.2, 0.25) is 0 Å². The molecule has 1 aromatic carbocycles. The third-order valence-corrected chi connectivity index (χ3v) is 5.43. The van der Waals surface area contributed by atoms with Crippen LogP contribution >= 0.6 is 0 Å². The van der Waals surface area contributed by atoms with Gasteiger partial charge in [0.25, 0.3) is 0 Å². The maximum atomic E-state index is 12.2. The Morgan fingerprint density at radius 3 is 2.19 bits per heavy atom. The van der Waals surface area contributed by atoms with E-state index in [0.29, 0.717) is 5.82 Å². The zero-order valence-corrected chi connectivity index (χ0v) is 15.2. The van der Waals surface area contributed by atoms with E-state index in [1.807, 2.05) is 12.4 Å². The van der Waals surface area contributed by atoms with Gasteiger partial charge in [-0.05, 0) is 54.5 Å². The van der Waals surface area contributed by atoms with Crippen LogP contribution in [0.3, 0.4) is 0 Å². The maximum Gasteiger partial charge on any atom is 0.387 e. The summed E-state index contributed by atoms with van der Waals surface area (Å²) in [5.41, 5.74) is 1.94. The summed E-state index contributed by atoms with van der Waals surface area (Å²) in [6.07, 6.45) is 12.8. The second-order valence-electron chi connectivity index (χ2n) is 7.15. The molecule has 0 bridgehead atoms. The number of halogens is 2. The molecule has 0 amide bonds. The number of hydrogen-bond donors (Lipinski definition) is 0.